The molecule has 1 aliphatic rings. The summed E-state index contributed by atoms with van der Waals surface area (Å²) in [7, 11) is 0. The van der Waals surface area contributed by atoms with E-state index in [0.29, 0.717) is 13.0 Å². The Bertz CT molecular complexity index is 262. The van der Waals surface area contributed by atoms with Crippen molar-refractivity contribution in [3.05, 3.63) is 0 Å². The van der Waals surface area contributed by atoms with E-state index in [1.807, 2.05) is 0 Å². The molecular formula is C9H15F3N2O2. The second kappa shape index (κ2) is 4.58. The lowest BCUT2D eigenvalue weighted by atomic mass is 9.99. The van der Waals surface area contributed by atoms with Gasteiger partial charge in [0.05, 0.1) is 12.1 Å². The Morgan fingerprint density at radius 3 is 2.69 bits per heavy atom. The van der Waals surface area contributed by atoms with Gasteiger partial charge in [0.15, 0.2) is 6.10 Å². The molecular weight excluding hydrogens is 225 g/mol. The van der Waals surface area contributed by atoms with Crippen molar-refractivity contribution in [2.24, 2.45) is 0 Å². The van der Waals surface area contributed by atoms with E-state index in [0.717, 1.165) is 6.42 Å². The summed E-state index contributed by atoms with van der Waals surface area (Å²) < 4.78 is 35.9. The second-order valence-electron chi connectivity index (χ2n) is 4.13. The average molecular weight is 240 g/mol. The van der Waals surface area contributed by atoms with Crippen LogP contribution < -0.4 is 10.6 Å². The molecule has 1 rings (SSSR count). The van der Waals surface area contributed by atoms with E-state index >= 15 is 0 Å². The van der Waals surface area contributed by atoms with E-state index in [1.54, 1.807) is 6.92 Å². The highest BCUT2D eigenvalue weighted by atomic mass is 19.4. The topological polar surface area (TPSA) is 61.4 Å². The van der Waals surface area contributed by atoms with Crippen LogP contribution in [-0.2, 0) is 4.79 Å². The molecule has 0 bridgehead atoms. The SMILES string of the molecule is CC1(C(=O)NCC(O)C(F)(F)F)CCCN1. The summed E-state index contributed by atoms with van der Waals surface area (Å²) in [5.41, 5.74) is -0.814. The molecule has 0 radical (unpaired) electrons. The van der Waals surface area contributed by atoms with Crippen molar-refractivity contribution in [3.8, 4) is 0 Å². The number of aliphatic hydroxyl groups is 1. The standard InChI is InChI=1S/C9H15F3N2O2/c1-8(3-2-4-14-8)7(16)13-5-6(15)9(10,11)12/h6,14-15H,2-5H2,1H3,(H,13,16). The first-order chi connectivity index (χ1) is 7.26. The van der Waals surface area contributed by atoms with Crippen LogP contribution in [0.15, 0.2) is 0 Å². The maximum Gasteiger partial charge on any atom is 0.416 e. The van der Waals surface area contributed by atoms with Crippen molar-refractivity contribution in [2.45, 2.75) is 37.6 Å². The van der Waals surface area contributed by atoms with Gasteiger partial charge in [-0.05, 0) is 26.3 Å². The third-order valence-electron chi connectivity index (χ3n) is 2.70. The van der Waals surface area contributed by atoms with Gasteiger partial charge in [-0.25, -0.2) is 0 Å². The van der Waals surface area contributed by atoms with Crippen LogP contribution in [0.4, 0.5) is 13.2 Å². The van der Waals surface area contributed by atoms with E-state index in [2.05, 4.69) is 10.6 Å². The molecule has 1 aliphatic heterocycles. The molecule has 0 aliphatic carbocycles. The lowest BCUT2D eigenvalue weighted by Crippen LogP contribution is -2.53. The first-order valence-electron chi connectivity index (χ1n) is 5.04. The van der Waals surface area contributed by atoms with E-state index in [1.165, 1.54) is 0 Å². The van der Waals surface area contributed by atoms with Crippen LogP contribution in [-0.4, -0.2) is 41.9 Å². The van der Waals surface area contributed by atoms with Crippen LogP contribution in [0.3, 0.4) is 0 Å². The summed E-state index contributed by atoms with van der Waals surface area (Å²) in [6.07, 6.45) is -5.81. The minimum atomic E-state index is -4.70. The van der Waals surface area contributed by atoms with Crippen LogP contribution >= 0.6 is 0 Å². The Hall–Kier alpha value is -0.820. The lowest BCUT2D eigenvalue weighted by molar-refractivity contribution is -0.202. The van der Waals surface area contributed by atoms with Crippen LogP contribution in [0.5, 0.6) is 0 Å². The molecule has 0 spiro atoms. The Balaban J connectivity index is 2.41. The van der Waals surface area contributed by atoms with Crippen molar-refractivity contribution >= 4 is 5.91 Å². The number of carbonyl (C=O) groups is 1. The fraction of sp³-hybridized carbons (Fsp3) is 0.889. The maximum atomic E-state index is 12.0. The fourth-order valence-electron chi connectivity index (χ4n) is 1.59. The van der Waals surface area contributed by atoms with Gasteiger partial charge in [-0.2, -0.15) is 13.2 Å². The first-order valence-corrected chi connectivity index (χ1v) is 5.04. The molecule has 2 atom stereocenters. The number of aliphatic hydroxyl groups excluding tert-OH is 1. The molecule has 7 heteroatoms. The highest BCUT2D eigenvalue weighted by molar-refractivity contribution is 5.86. The van der Waals surface area contributed by atoms with Gasteiger partial charge < -0.3 is 15.7 Å². The number of nitrogens with one attached hydrogen (secondary N) is 2. The zero-order chi connectivity index (χ0) is 12.4. The predicted octanol–water partition coefficient (Wildman–Crippen LogP) is 0.168. The molecule has 1 amide bonds. The Morgan fingerprint density at radius 1 is 1.62 bits per heavy atom. The third-order valence-corrected chi connectivity index (χ3v) is 2.70. The Kier molecular flexibility index (Phi) is 3.80. The number of halogens is 3. The minimum Gasteiger partial charge on any atom is -0.382 e. The second-order valence-corrected chi connectivity index (χ2v) is 4.13. The summed E-state index contributed by atoms with van der Waals surface area (Å²) in [5.74, 6) is -0.506. The quantitative estimate of drug-likeness (QED) is 0.659. The van der Waals surface area contributed by atoms with Crippen LogP contribution in [0, 0.1) is 0 Å². The number of hydrogen-bond acceptors (Lipinski definition) is 3. The van der Waals surface area contributed by atoms with Gasteiger partial charge in [-0.15, -0.1) is 0 Å². The van der Waals surface area contributed by atoms with E-state index < -0.39 is 30.3 Å². The number of rotatable bonds is 3. The van der Waals surface area contributed by atoms with Gasteiger partial charge >= 0.3 is 6.18 Å². The summed E-state index contributed by atoms with van der Waals surface area (Å²) in [6, 6.07) is 0. The molecule has 0 aromatic heterocycles. The number of amides is 1. The van der Waals surface area contributed by atoms with Crippen LogP contribution in [0.25, 0.3) is 0 Å². The first kappa shape index (κ1) is 13.2. The normalized spacial score (nSPS) is 27.8. The minimum absolute atomic E-state index is 0.506. The van der Waals surface area contributed by atoms with E-state index in [4.69, 9.17) is 5.11 Å². The summed E-state index contributed by atoms with van der Waals surface area (Å²) in [6.45, 7) is 1.50. The number of hydrogen-bond donors (Lipinski definition) is 3. The van der Waals surface area contributed by atoms with Gasteiger partial charge in [0.1, 0.15) is 0 Å². The molecule has 1 fully saturated rings. The molecule has 0 aromatic rings. The molecule has 16 heavy (non-hydrogen) atoms. The van der Waals surface area contributed by atoms with Crippen molar-refractivity contribution < 1.29 is 23.1 Å². The predicted molar refractivity (Wildman–Crippen MR) is 50.7 cm³/mol. The summed E-state index contributed by atoms with van der Waals surface area (Å²) in [4.78, 5) is 11.5. The van der Waals surface area contributed by atoms with Crippen molar-refractivity contribution in [3.63, 3.8) is 0 Å². The Morgan fingerprint density at radius 2 is 2.25 bits per heavy atom. The van der Waals surface area contributed by atoms with E-state index in [-0.39, 0.29) is 0 Å². The molecule has 0 saturated carbocycles. The zero-order valence-electron chi connectivity index (χ0n) is 8.90. The van der Waals surface area contributed by atoms with Gasteiger partial charge in [0, 0.05) is 0 Å². The van der Waals surface area contributed by atoms with E-state index in [9.17, 15) is 18.0 Å². The summed E-state index contributed by atoms with van der Waals surface area (Å²) in [5, 5.41) is 13.7. The van der Waals surface area contributed by atoms with Crippen molar-refractivity contribution in [2.75, 3.05) is 13.1 Å². The molecule has 2 unspecified atom stereocenters. The molecule has 4 nitrogen and oxygen atoms in total. The molecule has 1 heterocycles. The van der Waals surface area contributed by atoms with Crippen molar-refractivity contribution in [1.29, 1.82) is 0 Å². The monoisotopic (exact) mass is 240 g/mol. The largest absolute Gasteiger partial charge is 0.416 e. The number of carbonyl (C=O) groups excluding carboxylic acids is 1. The zero-order valence-corrected chi connectivity index (χ0v) is 8.90. The molecule has 0 aromatic carbocycles. The van der Waals surface area contributed by atoms with Gasteiger partial charge in [-0.3, -0.25) is 4.79 Å². The molecule has 94 valence electrons. The van der Waals surface area contributed by atoms with Gasteiger partial charge in [0.2, 0.25) is 5.91 Å². The average Bonchev–Trinajstić information content (AvgIpc) is 2.60. The number of alkyl halides is 3. The highest BCUT2D eigenvalue weighted by Gasteiger charge is 2.40. The molecule has 1 saturated heterocycles. The third kappa shape index (κ3) is 3.08. The van der Waals surface area contributed by atoms with Crippen LogP contribution in [0.2, 0.25) is 0 Å². The summed E-state index contributed by atoms with van der Waals surface area (Å²) >= 11 is 0. The maximum absolute atomic E-state index is 12.0. The van der Waals surface area contributed by atoms with Crippen LogP contribution in [0.1, 0.15) is 19.8 Å². The smallest absolute Gasteiger partial charge is 0.382 e. The fourth-order valence-corrected chi connectivity index (χ4v) is 1.59. The molecule has 3 N–H and O–H groups in total. The highest BCUT2D eigenvalue weighted by Crippen LogP contribution is 2.21. The van der Waals surface area contributed by atoms with Gasteiger partial charge in [-0.1, -0.05) is 0 Å². The van der Waals surface area contributed by atoms with Gasteiger partial charge in [0.25, 0.3) is 0 Å². The van der Waals surface area contributed by atoms with Crippen molar-refractivity contribution in [1.82, 2.24) is 10.6 Å². The lowest BCUT2D eigenvalue weighted by Gasteiger charge is -2.24. The Labute approximate surface area is 91.2 Å².